The number of nitrogens with one attached hydrogen (secondary N) is 2. The summed E-state index contributed by atoms with van der Waals surface area (Å²) in [7, 11) is 0. The van der Waals surface area contributed by atoms with Gasteiger partial charge in [0.2, 0.25) is 0 Å². The van der Waals surface area contributed by atoms with Gasteiger partial charge in [0, 0.05) is 49.9 Å². The maximum Gasteiger partial charge on any atom is 0.150 e. The standard InChI is InChI=1S/C53H34N4O/c58-32-38-20-10-18-36-30-37-19-11-21-39(41(37)31-40(36)38)53-48-28-26-46(56-48)51(34-14-6-2-7-15-34)44-24-22-42(54-44)50(33-12-4-1-5-13-33)43-23-25-45(55-43)52(35-16-8-3-9-17-35)47-27-29-49(53)57-47/h1-32,54,57H. The summed E-state index contributed by atoms with van der Waals surface area (Å²) in [5.41, 5.74) is 16.0. The van der Waals surface area contributed by atoms with Crippen LogP contribution in [0.15, 0.2) is 164 Å². The Morgan fingerprint density at radius 3 is 1.26 bits per heavy atom. The number of aromatic nitrogens is 4. The van der Waals surface area contributed by atoms with Crippen LogP contribution < -0.4 is 0 Å². The van der Waals surface area contributed by atoms with Crippen molar-refractivity contribution in [3.05, 3.63) is 192 Å². The molecule has 5 nitrogen and oxygen atoms in total. The molecule has 11 rings (SSSR count). The normalized spacial score (nSPS) is 12.1. The Balaban J connectivity index is 1.32. The lowest BCUT2D eigenvalue weighted by Gasteiger charge is -2.11. The number of H-pyrrole nitrogens is 2. The highest BCUT2D eigenvalue weighted by molar-refractivity contribution is 6.11. The fraction of sp³-hybridized carbons (Fsp3) is 0. The van der Waals surface area contributed by atoms with Gasteiger partial charge in [-0.2, -0.15) is 0 Å². The van der Waals surface area contributed by atoms with Crippen molar-refractivity contribution in [3.8, 4) is 44.5 Å². The third-order valence-corrected chi connectivity index (χ3v) is 11.3. The fourth-order valence-corrected chi connectivity index (χ4v) is 8.61. The zero-order chi connectivity index (χ0) is 38.6. The first-order valence-electron chi connectivity index (χ1n) is 19.4. The van der Waals surface area contributed by atoms with Crippen molar-refractivity contribution in [1.29, 1.82) is 0 Å². The van der Waals surface area contributed by atoms with Crippen LogP contribution in [-0.2, 0) is 0 Å². The Bertz CT molecular complexity index is 3300. The second-order valence-corrected chi connectivity index (χ2v) is 14.7. The summed E-state index contributed by atoms with van der Waals surface area (Å²) in [5, 5.41) is 4.06. The molecule has 2 aliphatic rings. The number of hydrogen-bond acceptors (Lipinski definition) is 3. The van der Waals surface area contributed by atoms with E-state index in [9.17, 15) is 4.79 Å². The number of rotatable bonds is 5. The molecule has 5 heteroatoms. The summed E-state index contributed by atoms with van der Waals surface area (Å²) in [4.78, 5) is 30.9. The van der Waals surface area contributed by atoms with Gasteiger partial charge >= 0.3 is 0 Å². The quantitative estimate of drug-likeness (QED) is 0.136. The van der Waals surface area contributed by atoms with Crippen molar-refractivity contribution in [2.45, 2.75) is 0 Å². The highest BCUT2D eigenvalue weighted by Crippen LogP contribution is 2.40. The second-order valence-electron chi connectivity index (χ2n) is 14.7. The zero-order valence-corrected chi connectivity index (χ0v) is 31.3. The van der Waals surface area contributed by atoms with E-state index in [0.717, 1.165) is 117 Å². The first-order chi connectivity index (χ1) is 28.7. The summed E-state index contributed by atoms with van der Waals surface area (Å²) in [6, 6.07) is 56.6. The van der Waals surface area contributed by atoms with Crippen LogP contribution in [0.5, 0.6) is 0 Å². The summed E-state index contributed by atoms with van der Waals surface area (Å²) in [6.45, 7) is 0. The number of aromatic amines is 2. The number of nitrogens with zero attached hydrogens (tertiary/aromatic N) is 2. The molecule has 0 amide bonds. The molecule has 5 heterocycles. The van der Waals surface area contributed by atoms with Gasteiger partial charge in [-0.05, 0) is 105 Å². The number of benzene rings is 6. The average molecular weight is 743 g/mol. The molecule has 0 spiro atoms. The lowest BCUT2D eigenvalue weighted by molar-refractivity contribution is 0.112. The van der Waals surface area contributed by atoms with Crippen LogP contribution in [0.2, 0.25) is 0 Å². The molecule has 0 saturated carbocycles. The molecule has 0 fully saturated rings. The van der Waals surface area contributed by atoms with Crippen LogP contribution in [0, 0.1) is 0 Å². The topological polar surface area (TPSA) is 74.4 Å². The predicted octanol–water partition coefficient (Wildman–Crippen LogP) is 13.4. The lowest BCUT2D eigenvalue weighted by Crippen LogP contribution is -1.91. The van der Waals surface area contributed by atoms with Crippen molar-refractivity contribution in [2.75, 3.05) is 0 Å². The van der Waals surface area contributed by atoms with Crippen molar-refractivity contribution in [1.82, 2.24) is 19.9 Å². The number of hydrogen-bond donors (Lipinski definition) is 2. The Morgan fingerprint density at radius 2 is 0.793 bits per heavy atom. The predicted molar refractivity (Wildman–Crippen MR) is 241 cm³/mol. The fourth-order valence-electron chi connectivity index (χ4n) is 8.61. The van der Waals surface area contributed by atoms with E-state index in [1.54, 1.807) is 0 Å². The maximum absolute atomic E-state index is 12.3. The van der Waals surface area contributed by atoms with Gasteiger partial charge in [0.25, 0.3) is 0 Å². The van der Waals surface area contributed by atoms with Crippen molar-refractivity contribution < 1.29 is 4.79 Å². The minimum atomic E-state index is 0.664. The van der Waals surface area contributed by atoms with Gasteiger partial charge < -0.3 is 9.97 Å². The smallest absolute Gasteiger partial charge is 0.150 e. The third-order valence-electron chi connectivity index (χ3n) is 11.3. The van der Waals surface area contributed by atoms with Gasteiger partial charge in [-0.25, -0.2) is 9.97 Å². The molecule has 8 bridgehead atoms. The Kier molecular flexibility index (Phi) is 7.90. The lowest BCUT2D eigenvalue weighted by atomic mass is 9.93. The largest absolute Gasteiger partial charge is 0.354 e. The first-order valence-corrected chi connectivity index (χ1v) is 19.4. The van der Waals surface area contributed by atoms with Gasteiger partial charge in [0.1, 0.15) is 0 Å². The van der Waals surface area contributed by atoms with E-state index >= 15 is 0 Å². The molecule has 0 radical (unpaired) electrons. The van der Waals surface area contributed by atoms with Crippen molar-refractivity contribution >= 4 is 74.2 Å². The summed E-state index contributed by atoms with van der Waals surface area (Å²) in [5.74, 6) is 0. The molecule has 58 heavy (non-hydrogen) atoms. The highest BCUT2D eigenvalue weighted by atomic mass is 16.1. The SMILES string of the molecule is O=Cc1cccc2cc3cccc(-c4c5nc(c(-c6ccccc6)c6ccc([nH]6)c(-c6ccccc6)c6nc(c(-c7ccccc7)c7ccc4[nH]7)C=C6)C=C5)c3cc12. The highest BCUT2D eigenvalue weighted by Gasteiger charge is 2.20. The third kappa shape index (κ3) is 5.60. The van der Waals surface area contributed by atoms with E-state index in [0.29, 0.717) is 5.56 Å². The van der Waals surface area contributed by atoms with Crippen LogP contribution in [0.4, 0.5) is 0 Å². The summed E-state index contributed by atoms with van der Waals surface area (Å²) in [6.07, 6.45) is 9.44. The molecule has 0 atom stereocenters. The molecular formula is C53H34N4O. The molecule has 0 saturated heterocycles. The number of carbonyl (C=O) groups excluding carboxylic acids is 1. The Labute approximate surface area is 334 Å². The van der Waals surface area contributed by atoms with Crippen LogP contribution >= 0.6 is 0 Å². The average Bonchev–Trinajstić information content (AvgIpc) is 4.12. The molecule has 0 aliphatic carbocycles. The van der Waals surface area contributed by atoms with Gasteiger partial charge in [0.05, 0.1) is 22.8 Å². The molecule has 272 valence electrons. The first kappa shape index (κ1) is 33.4. The minimum Gasteiger partial charge on any atom is -0.354 e. The maximum atomic E-state index is 12.3. The molecule has 2 aliphatic heterocycles. The molecular weight excluding hydrogens is 709 g/mol. The van der Waals surface area contributed by atoms with E-state index in [4.69, 9.17) is 9.97 Å². The van der Waals surface area contributed by atoms with Crippen LogP contribution in [0.25, 0.3) is 112 Å². The van der Waals surface area contributed by atoms with Gasteiger partial charge in [-0.15, -0.1) is 0 Å². The number of fused-ring (bicyclic) bond motifs is 10. The Hall–Kier alpha value is -7.89. The Morgan fingerprint density at radius 1 is 0.379 bits per heavy atom. The van der Waals surface area contributed by atoms with E-state index in [1.807, 2.05) is 30.3 Å². The summed E-state index contributed by atoms with van der Waals surface area (Å²) >= 11 is 0. The van der Waals surface area contributed by atoms with Gasteiger partial charge in [-0.1, -0.05) is 127 Å². The minimum absolute atomic E-state index is 0.664. The number of aldehydes is 1. The van der Waals surface area contributed by atoms with Crippen molar-refractivity contribution in [3.63, 3.8) is 0 Å². The van der Waals surface area contributed by atoms with Crippen LogP contribution in [0.3, 0.4) is 0 Å². The van der Waals surface area contributed by atoms with E-state index in [1.165, 1.54) is 0 Å². The van der Waals surface area contributed by atoms with E-state index in [-0.39, 0.29) is 0 Å². The molecule has 9 aromatic rings. The second kappa shape index (κ2) is 13.7. The van der Waals surface area contributed by atoms with Crippen LogP contribution in [-0.4, -0.2) is 26.2 Å². The van der Waals surface area contributed by atoms with E-state index in [2.05, 4.69) is 168 Å². The van der Waals surface area contributed by atoms with Gasteiger partial charge in [-0.3, -0.25) is 4.79 Å². The number of carbonyl (C=O) groups is 1. The van der Waals surface area contributed by atoms with Crippen LogP contribution in [0.1, 0.15) is 33.1 Å². The molecule has 6 aromatic carbocycles. The van der Waals surface area contributed by atoms with Gasteiger partial charge in [0.15, 0.2) is 6.29 Å². The zero-order valence-electron chi connectivity index (χ0n) is 31.3. The molecule has 2 N–H and O–H groups in total. The molecule has 3 aromatic heterocycles. The summed E-state index contributed by atoms with van der Waals surface area (Å²) < 4.78 is 0. The van der Waals surface area contributed by atoms with E-state index < -0.39 is 0 Å². The molecule has 0 unspecified atom stereocenters. The van der Waals surface area contributed by atoms with Crippen molar-refractivity contribution in [2.24, 2.45) is 0 Å². The monoisotopic (exact) mass is 742 g/mol.